The Labute approximate surface area is 93.7 Å². The van der Waals surface area contributed by atoms with Crippen molar-refractivity contribution in [3.05, 3.63) is 42.1 Å². The highest BCUT2D eigenvalue weighted by molar-refractivity contribution is 5.78. The number of carboxylic acids is 1. The van der Waals surface area contributed by atoms with Crippen LogP contribution in [0.25, 0.3) is 10.9 Å². The molecule has 0 aliphatic carbocycles. The van der Waals surface area contributed by atoms with Crippen LogP contribution < -0.4 is 0 Å². The number of hydrogen-bond donors (Lipinski definition) is 1. The lowest BCUT2D eigenvalue weighted by molar-refractivity contribution is -0.137. The molecule has 1 heterocycles. The SMILES string of the molecule is O=C(O)CCCc1ccc2ncccc2c1. The number of pyridine rings is 1. The molecule has 2 aromatic rings. The zero-order valence-corrected chi connectivity index (χ0v) is 8.89. The van der Waals surface area contributed by atoms with Gasteiger partial charge in [-0.3, -0.25) is 9.78 Å². The molecule has 3 nitrogen and oxygen atoms in total. The summed E-state index contributed by atoms with van der Waals surface area (Å²) < 4.78 is 0. The van der Waals surface area contributed by atoms with Crippen LogP contribution >= 0.6 is 0 Å². The second-order valence-corrected chi connectivity index (χ2v) is 3.78. The molecule has 0 aliphatic heterocycles. The Balaban J connectivity index is 2.10. The molecule has 1 aromatic heterocycles. The van der Waals surface area contributed by atoms with E-state index in [4.69, 9.17) is 5.11 Å². The molecule has 0 unspecified atom stereocenters. The summed E-state index contributed by atoms with van der Waals surface area (Å²) in [5.74, 6) is -0.734. The van der Waals surface area contributed by atoms with Gasteiger partial charge in [-0.15, -0.1) is 0 Å². The van der Waals surface area contributed by atoms with Crippen molar-refractivity contribution in [3.8, 4) is 0 Å². The monoisotopic (exact) mass is 215 g/mol. The van der Waals surface area contributed by atoms with Gasteiger partial charge in [0.05, 0.1) is 5.52 Å². The number of nitrogens with zero attached hydrogens (tertiary/aromatic N) is 1. The number of fused-ring (bicyclic) bond motifs is 1. The Morgan fingerprint density at radius 1 is 1.31 bits per heavy atom. The van der Waals surface area contributed by atoms with E-state index in [-0.39, 0.29) is 6.42 Å². The van der Waals surface area contributed by atoms with Crippen molar-refractivity contribution >= 4 is 16.9 Å². The third-order valence-corrected chi connectivity index (χ3v) is 2.52. The fraction of sp³-hybridized carbons (Fsp3) is 0.231. The van der Waals surface area contributed by atoms with Gasteiger partial charge in [-0.2, -0.15) is 0 Å². The second-order valence-electron chi connectivity index (χ2n) is 3.78. The first-order valence-electron chi connectivity index (χ1n) is 5.31. The van der Waals surface area contributed by atoms with Gasteiger partial charge < -0.3 is 5.11 Å². The van der Waals surface area contributed by atoms with Crippen molar-refractivity contribution in [3.63, 3.8) is 0 Å². The van der Waals surface area contributed by atoms with Crippen LogP contribution in [0.3, 0.4) is 0 Å². The van der Waals surface area contributed by atoms with Crippen LogP contribution in [0.1, 0.15) is 18.4 Å². The van der Waals surface area contributed by atoms with E-state index in [2.05, 4.69) is 11.1 Å². The first-order chi connectivity index (χ1) is 7.75. The lowest BCUT2D eigenvalue weighted by Gasteiger charge is -2.02. The van der Waals surface area contributed by atoms with Crippen molar-refractivity contribution in [1.29, 1.82) is 0 Å². The summed E-state index contributed by atoms with van der Waals surface area (Å²) in [6.45, 7) is 0. The molecule has 2 rings (SSSR count). The van der Waals surface area contributed by atoms with Crippen LogP contribution in [-0.4, -0.2) is 16.1 Å². The molecule has 0 aliphatic rings. The van der Waals surface area contributed by atoms with Gasteiger partial charge in [0, 0.05) is 18.0 Å². The number of aliphatic carboxylic acids is 1. The zero-order valence-electron chi connectivity index (χ0n) is 8.89. The number of aromatic nitrogens is 1. The van der Waals surface area contributed by atoms with Gasteiger partial charge in [-0.05, 0) is 36.6 Å². The third-order valence-electron chi connectivity index (χ3n) is 2.52. The van der Waals surface area contributed by atoms with Crippen LogP contribution in [0.2, 0.25) is 0 Å². The molecule has 0 spiro atoms. The minimum atomic E-state index is -0.734. The van der Waals surface area contributed by atoms with Crippen molar-refractivity contribution in [2.75, 3.05) is 0 Å². The summed E-state index contributed by atoms with van der Waals surface area (Å²) in [4.78, 5) is 14.6. The van der Waals surface area contributed by atoms with E-state index in [1.54, 1.807) is 6.20 Å². The van der Waals surface area contributed by atoms with E-state index in [9.17, 15) is 4.79 Å². The van der Waals surface area contributed by atoms with Gasteiger partial charge in [-0.1, -0.05) is 12.1 Å². The van der Waals surface area contributed by atoms with Crippen molar-refractivity contribution < 1.29 is 9.90 Å². The topological polar surface area (TPSA) is 50.2 Å². The molecule has 82 valence electrons. The summed E-state index contributed by atoms with van der Waals surface area (Å²) in [6.07, 6.45) is 3.48. The number of rotatable bonds is 4. The first kappa shape index (κ1) is 10.6. The Morgan fingerprint density at radius 3 is 3.00 bits per heavy atom. The molecule has 0 bridgehead atoms. The van der Waals surface area contributed by atoms with Crippen LogP contribution in [0.4, 0.5) is 0 Å². The van der Waals surface area contributed by atoms with Gasteiger partial charge >= 0.3 is 5.97 Å². The maximum atomic E-state index is 10.4. The van der Waals surface area contributed by atoms with E-state index in [0.717, 1.165) is 17.3 Å². The third kappa shape index (κ3) is 2.57. The van der Waals surface area contributed by atoms with Crippen molar-refractivity contribution in [2.24, 2.45) is 0 Å². The fourth-order valence-corrected chi connectivity index (χ4v) is 1.72. The average Bonchev–Trinajstić information content (AvgIpc) is 2.28. The lowest BCUT2D eigenvalue weighted by atomic mass is 10.1. The van der Waals surface area contributed by atoms with E-state index < -0.39 is 5.97 Å². The molecule has 3 heteroatoms. The van der Waals surface area contributed by atoms with Gasteiger partial charge in [0.25, 0.3) is 0 Å². The summed E-state index contributed by atoms with van der Waals surface area (Å²) in [5, 5.41) is 9.66. The predicted octanol–water partition coefficient (Wildman–Crippen LogP) is 2.64. The van der Waals surface area contributed by atoms with E-state index in [1.807, 2.05) is 24.3 Å². The molecule has 0 saturated heterocycles. The summed E-state index contributed by atoms with van der Waals surface area (Å²) in [5.41, 5.74) is 2.14. The standard InChI is InChI=1S/C13H13NO2/c15-13(16)5-1-3-10-6-7-12-11(9-10)4-2-8-14-12/h2,4,6-9H,1,3,5H2,(H,15,16). The average molecular weight is 215 g/mol. The number of benzene rings is 1. The van der Waals surface area contributed by atoms with Gasteiger partial charge in [0.15, 0.2) is 0 Å². The highest BCUT2D eigenvalue weighted by atomic mass is 16.4. The molecular formula is C13H13NO2. The smallest absolute Gasteiger partial charge is 0.303 e. The Bertz CT molecular complexity index is 508. The fourth-order valence-electron chi connectivity index (χ4n) is 1.72. The minimum Gasteiger partial charge on any atom is -0.481 e. The summed E-state index contributed by atoms with van der Waals surface area (Å²) in [7, 11) is 0. The van der Waals surface area contributed by atoms with Crippen molar-refractivity contribution in [2.45, 2.75) is 19.3 Å². The normalized spacial score (nSPS) is 10.5. The van der Waals surface area contributed by atoms with E-state index in [1.165, 1.54) is 5.56 Å². The van der Waals surface area contributed by atoms with Gasteiger partial charge in [-0.25, -0.2) is 0 Å². The predicted molar refractivity (Wildman–Crippen MR) is 62.3 cm³/mol. The van der Waals surface area contributed by atoms with Crippen LogP contribution in [0.5, 0.6) is 0 Å². The summed E-state index contributed by atoms with van der Waals surface area (Å²) in [6, 6.07) is 9.99. The molecule has 0 atom stereocenters. The molecular weight excluding hydrogens is 202 g/mol. The number of carboxylic acid groups (broad SMARTS) is 1. The highest BCUT2D eigenvalue weighted by Crippen LogP contribution is 2.14. The quantitative estimate of drug-likeness (QED) is 0.852. The van der Waals surface area contributed by atoms with E-state index >= 15 is 0 Å². The Kier molecular flexibility index (Phi) is 3.15. The van der Waals surface area contributed by atoms with Crippen LogP contribution in [-0.2, 0) is 11.2 Å². The van der Waals surface area contributed by atoms with Gasteiger partial charge in [0.2, 0.25) is 0 Å². The molecule has 1 N–H and O–H groups in total. The lowest BCUT2D eigenvalue weighted by Crippen LogP contribution is -1.95. The van der Waals surface area contributed by atoms with Crippen molar-refractivity contribution in [1.82, 2.24) is 4.98 Å². The first-order valence-corrected chi connectivity index (χ1v) is 5.31. The summed E-state index contributed by atoms with van der Waals surface area (Å²) >= 11 is 0. The van der Waals surface area contributed by atoms with Crippen LogP contribution in [0, 0.1) is 0 Å². The zero-order chi connectivity index (χ0) is 11.4. The van der Waals surface area contributed by atoms with Gasteiger partial charge in [0.1, 0.15) is 0 Å². The minimum absolute atomic E-state index is 0.227. The Morgan fingerprint density at radius 2 is 2.19 bits per heavy atom. The number of hydrogen-bond acceptors (Lipinski definition) is 2. The molecule has 0 amide bonds. The molecule has 0 saturated carbocycles. The highest BCUT2D eigenvalue weighted by Gasteiger charge is 2.00. The second kappa shape index (κ2) is 4.75. The molecule has 0 fully saturated rings. The maximum Gasteiger partial charge on any atom is 0.303 e. The number of aryl methyl sites for hydroxylation is 1. The Hall–Kier alpha value is -1.90. The van der Waals surface area contributed by atoms with Crippen LogP contribution in [0.15, 0.2) is 36.5 Å². The maximum absolute atomic E-state index is 10.4. The number of carbonyl (C=O) groups is 1. The molecule has 1 aromatic carbocycles. The largest absolute Gasteiger partial charge is 0.481 e. The molecule has 16 heavy (non-hydrogen) atoms. The molecule has 0 radical (unpaired) electrons. The van der Waals surface area contributed by atoms with E-state index in [0.29, 0.717) is 6.42 Å².